The third-order valence-corrected chi connectivity index (χ3v) is 6.73. The third kappa shape index (κ3) is 8.69. The highest BCUT2D eigenvalue weighted by Crippen LogP contribution is 2.47. The molecular formula is C26H39F3N4O9. The minimum atomic E-state index is -4.64. The molecular weight excluding hydrogens is 569 g/mol. The Morgan fingerprint density at radius 3 is 2.33 bits per heavy atom. The first-order valence-corrected chi connectivity index (χ1v) is 13.9. The largest absolute Gasteiger partial charge is 0.434 e. The molecule has 4 heterocycles. The van der Waals surface area contributed by atoms with Crippen molar-refractivity contribution >= 4 is 11.7 Å². The van der Waals surface area contributed by atoms with E-state index in [9.17, 15) is 18.0 Å². The first-order valence-electron chi connectivity index (χ1n) is 13.9. The predicted molar refractivity (Wildman–Crippen MR) is 138 cm³/mol. The van der Waals surface area contributed by atoms with Crippen LogP contribution in [0.5, 0.6) is 0 Å². The minimum Gasteiger partial charge on any atom is -0.377 e. The van der Waals surface area contributed by atoms with Crippen LogP contribution in [-0.4, -0.2) is 118 Å². The van der Waals surface area contributed by atoms with Gasteiger partial charge in [0.25, 0.3) is 0 Å². The van der Waals surface area contributed by atoms with Gasteiger partial charge in [0.05, 0.1) is 71.9 Å². The van der Waals surface area contributed by atoms with E-state index in [2.05, 4.69) is 20.6 Å². The summed E-state index contributed by atoms with van der Waals surface area (Å²) >= 11 is 0. The summed E-state index contributed by atoms with van der Waals surface area (Å²) in [6.07, 6.45) is -4.41. The molecule has 3 saturated heterocycles. The van der Waals surface area contributed by atoms with Crippen molar-refractivity contribution in [1.82, 2.24) is 15.3 Å². The summed E-state index contributed by atoms with van der Waals surface area (Å²) in [6.45, 7) is 8.70. The molecule has 1 aromatic heterocycles. The molecule has 0 unspecified atom stereocenters. The molecule has 4 rings (SSSR count). The van der Waals surface area contributed by atoms with Gasteiger partial charge in [-0.3, -0.25) is 9.78 Å². The number of aromatic nitrogens is 2. The number of anilines is 1. The monoisotopic (exact) mass is 608 g/mol. The molecule has 2 N–H and O–H groups in total. The average molecular weight is 609 g/mol. The van der Waals surface area contributed by atoms with Gasteiger partial charge < -0.3 is 48.5 Å². The number of hydrogen-bond donors (Lipinski definition) is 2. The first kappa shape index (κ1) is 32.7. The lowest BCUT2D eigenvalue weighted by atomic mass is 9.88. The Bertz CT molecular complexity index is 1020. The second-order valence-electron chi connectivity index (χ2n) is 10.4. The Balaban J connectivity index is 1.17. The van der Waals surface area contributed by atoms with Crippen LogP contribution in [0.2, 0.25) is 0 Å². The minimum absolute atomic E-state index is 0.00850. The predicted octanol–water partition coefficient (Wildman–Crippen LogP) is 1.51. The van der Waals surface area contributed by atoms with Crippen LogP contribution >= 0.6 is 0 Å². The van der Waals surface area contributed by atoms with Crippen LogP contribution in [0.3, 0.4) is 0 Å². The molecule has 1 aromatic rings. The zero-order chi connectivity index (χ0) is 30.2. The number of amides is 1. The quantitative estimate of drug-likeness (QED) is 0.248. The van der Waals surface area contributed by atoms with Gasteiger partial charge in [0.15, 0.2) is 17.8 Å². The van der Waals surface area contributed by atoms with E-state index in [1.54, 1.807) is 20.8 Å². The van der Waals surface area contributed by atoms with Gasteiger partial charge in [-0.1, -0.05) is 6.92 Å². The molecule has 3 fully saturated rings. The van der Waals surface area contributed by atoms with Crippen molar-refractivity contribution in [3.05, 3.63) is 18.1 Å². The maximum Gasteiger partial charge on any atom is 0.434 e. The van der Waals surface area contributed by atoms with Gasteiger partial charge in [0, 0.05) is 13.0 Å². The Morgan fingerprint density at radius 2 is 1.67 bits per heavy atom. The fourth-order valence-corrected chi connectivity index (χ4v) is 4.81. The van der Waals surface area contributed by atoms with Gasteiger partial charge in [0.1, 0.15) is 29.7 Å². The zero-order valence-corrected chi connectivity index (χ0v) is 23.9. The number of carbonyl (C=O) groups is 1. The van der Waals surface area contributed by atoms with Crippen molar-refractivity contribution in [3.63, 3.8) is 0 Å². The molecule has 5 atom stereocenters. The van der Waals surface area contributed by atoms with Crippen LogP contribution in [0.1, 0.15) is 32.9 Å². The van der Waals surface area contributed by atoms with E-state index in [0.717, 1.165) is 0 Å². The van der Waals surface area contributed by atoms with E-state index in [4.69, 9.17) is 37.9 Å². The van der Waals surface area contributed by atoms with Gasteiger partial charge in [-0.15, -0.1) is 0 Å². The molecule has 2 bridgehead atoms. The van der Waals surface area contributed by atoms with Crippen LogP contribution in [0.15, 0.2) is 12.4 Å². The Kier molecular flexibility index (Phi) is 11.3. The van der Waals surface area contributed by atoms with Crippen LogP contribution in [0.4, 0.5) is 19.0 Å². The van der Waals surface area contributed by atoms with Gasteiger partial charge in [-0.05, 0) is 13.8 Å². The van der Waals surface area contributed by atoms with Crippen molar-refractivity contribution in [1.29, 1.82) is 0 Å². The summed E-state index contributed by atoms with van der Waals surface area (Å²) in [4.78, 5) is 18.4. The lowest BCUT2D eigenvalue weighted by molar-refractivity contribution is -0.208. The fourth-order valence-electron chi connectivity index (χ4n) is 4.81. The average Bonchev–Trinajstić information content (AvgIpc) is 3.50. The molecule has 3 aliphatic heterocycles. The number of rotatable bonds is 17. The van der Waals surface area contributed by atoms with Crippen molar-refractivity contribution in [2.24, 2.45) is 0 Å². The number of alkyl halides is 3. The van der Waals surface area contributed by atoms with E-state index in [1.807, 2.05) is 0 Å². The van der Waals surface area contributed by atoms with E-state index >= 15 is 0 Å². The third-order valence-electron chi connectivity index (χ3n) is 6.73. The molecule has 238 valence electrons. The Morgan fingerprint density at radius 1 is 1.00 bits per heavy atom. The fraction of sp³-hybridized carbons (Fsp3) is 0.808. The standard InChI is InChI=1S/C26H39F3N4O9/c1-4-19(34)31-5-6-35-7-8-36-9-10-37-11-12-38-15-25-16-39-23(42-25)20(21-22(25)41-24(2,3)40-21)33-18-14-30-13-17(32-18)26(27,28)29/h13-14,20-23H,4-12,15-16H2,1-3H3,(H,31,34)(H,32,33)/t20-,21-,22-,23+,25+/m1/s1. The molecule has 13 nitrogen and oxygen atoms in total. The SMILES string of the molecule is CCC(=O)NCCOCCOCCOCCOC[C@@]12CO[C@@H](O1)[C@H](Nc1cncc(C(F)(F)F)n1)[C@H]1OC(C)(C)O[C@H]12. The van der Waals surface area contributed by atoms with Crippen molar-refractivity contribution < 1.29 is 55.9 Å². The molecule has 16 heteroatoms. The summed E-state index contributed by atoms with van der Waals surface area (Å²) in [5.41, 5.74) is -2.09. The number of nitrogens with zero attached hydrogens (tertiary/aromatic N) is 2. The summed E-state index contributed by atoms with van der Waals surface area (Å²) in [6, 6.07) is -0.708. The van der Waals surface area contributed by atoms with Crippen molar-refractivity contribution in [2.75, 3.05) is 71.3 Å². The highest BCUT2D eigenvalue weighted by molar-refractivity contribution is 5.75. The summed E-state index contributed by atoms with van der Waals surface area (Å²) in [5.74, 6) is -1.06. The second kappa shape index (κ2) is 14.5. The van der Waals surface area contributed by atoms with Gasteiger partial charge in [-0.2, -0.15) is 13.2 Å². The van der Waals surface area contributed by atoms with E-state index < -0.39 is 47.8 Å². The molecule has 0 aliphatic carbocycles. The van der Waals surface area contributed by atoms with E-state index in [1.165, 1.54) is 6.20 Å². The molecule has 42 heavy (non-hydrogen) atoms. The van der Waals surface area contributed by atoms with Crippen molar-refractivity contribution in [3.8, 4) is 0 Å². The number of ether oxygens (including phenoxy) is 8. The maximum absolute atomic E-state index is 13.1. The van der Waals surface area contributed by atoms with Gasteiger partial charge in [0.2, 0.25) is 5.91 Å². The highest BCUT2D eigenvalue weighted by atomic mass is 19.4. The number of halogens is 3. The molecule has 0 radical (unpaired) electrons. The topological polar surface area (TPSA) is 141 Å². The van der Waals surface area contributed by atoms with Crippen LogP contribution in [-0.2, 0) is 48.9 Å². The number of fused-ring (bicyclic) bond motifs is 4. The molecule has 0 aromatic carbocycles. The zero-order valence-electron chi connectivity index (χ0n) is 23.9. The molecule has 3 aliphatic rings. The lowest BCUT2D eigenvalue weighted by Gasteiger charge is -2.42. The second-order valence-corrected chi connectivity index (χ2v) is 10.4. The highest BCUT2D eigenvalue weighted by Gasteiger charge is 2.66. The summed E-state index contributed by atoms with van der Waals surface area (Å²) in [5, 5.41) is 5.67. The van der Waals surface area contributed by atoms with E-state index in [0.29, 0.717) is 58.8 Å². The van der Waals surface area contributed by atoms with Crippen LogP contribution in [0.25, 0.3) is 0 Å². The number of nitrogens with one attached hydrogen (secondary N) is 2. The Hall–Kier alpha value is -2.18. The summed E-state index contributed by atoms with van der Waals surface area (Å²) in [7, 11) is 0. The van der Waals surface area contributed by atoms with E-state index in [-0.39, 0.29) is 31.5 Å². The normalized spacial score (nSPS) is 28.0. The molecule has 0 spiro atoms. The van der Waals surface area contributed by atoms with Crippen LogP contribution in [0, 0.1) is 0 Å². The molecule has 0 saturated carbocycles. The lowest BCUT2D eigenvalue weighted by Crippen LogP contribution is -2.63. The number of carbonyl (C=O) groups excluding carboxylic acids is 1. The van der Waals surface area contributed by atoms with Crippen molar-refractivity contribution in [2.45, 2.75) is 69.3 Å². The first-order chi connectivity index (χ1) is 20.0. The van der Waals surface area contributed by atoms with Crippen LogP contribution < -0.4 is 10.6 Å². The van der Waals surface area contributed by atoms with Gasteiger partial charge >= 0.3 is 6.18 Å². The molecule has 1 amide bonds. The smallest absolute Gasteiger partial charge is 0.377 e. The number of hydrogen-bond acceptors (Lipinski definition) is 12. The van der Waals surface area contributed by atoms with Gasteiger partial charge in [-0.25, -0.2) is 4.98 Å². The maximum atomic E-state index is 13.1. The summed E-state index contributed by atoms with van der Waals surface area (Å²) < 4.78 is 86.1. The Labute approximate surface area is 242 Å².